The molecule has 9 heteroatoms. The van der Waals surface area contributed by atoms with Gasteiger partial charge in [0.15, 0.2) is 0 Å². The van der Waals surface area contributed by atoms with Crippen molar-refractivity contribution >= 4 is 38.2 Å². The van der Waals surface area contributed by atoms with Crippen molar-refractivity contribution in [1.29, 1.82) is 0 Å². The maximum atomic E-state index is 13.8. The first-order valence-corrected chi connectivity index (χ1v) is 7.85. The fraction of sp³-hybridized carbons (Fsp3) is 0.364. The summed E-state index contributed by atoms with van der Waals surface area (Å²) >= 11 is 5.81. The molecule has 5 nitrogen and oxygen atoms in total. The van der Waals surface area contributed by atoms with Crippen molar-refractivity contribution < 1.29 is 17.2 Å². The van der Waals surface area contributed by atoms with E-state index in [1.165, 1.54) is 6.07 Å². The van der Waals surface area contributed by atoms with Gasteiger partial charge in [-0.1, -0.05) is 11.6 Å². The highest BCUT2D eigenvalue weighted by molar-refractivity contribution is 7.92. The Kier molecular flexibility index (Phi) is 4.44. The summed E-state index contributed by atoms with van der Waals surface area (Å²) in [6.45, 7) is -0.583. The van der Waals surface area contributed by atoms with Gasteiger partial charge in [-0.2, -0.15) is 5.10 Å². The maximum absolute atomic E-state index is 13.8. The summed E-state index contributed by atoms with van der Waals surface area (Å²) in [6.07, 6.45) is 0.318. The van der Waals surface area contributed by atoms with Gasteiger partial charge in [-0.05, 0) is 18.9 Å². The van der Waals surface area contributed by atoms with Crippen molar-refractivity contribution in [1.82, 2.24) is 10.2 Å². The number of hydrogen-bond acceptors (Lipinski definition) is 3. The van der Waals surface area contributed by atoms with Crippen LogP contribution < -0.4 is 4.72 Å². The first-order valence-electron chi connectivity index (χ1n) is 5.82. The van der Waals surface area contributed by atoms with E-state index in [0.29, 0.717) is 10.9 Å². The molecule has 2 N–H and O–H groups in total. The van der Waals surface area contributed by atoms with Crippen molar-refractivity contribution in [2.75, 3.05) is 17.1 Å². The number of benzene rings is 1. The molecule has 0 saturated carbocycles. The smallest absolute Gasteiger partial charge is 0.232 e. The molecule has 0 amide bonds. The lowest BCUT2D eigenvalue weighted by Crippen LogP contribution is -2.17. The fourth-order valence-electron chi connectivity index (χ4n) is 1.68. The Morgan fingerprint density at radius 3 is 2.80 bits per heavy atom. The lowest BCUT2D eigenvalue weighted by Gasteiger charge is -2.08. The van der Waals surface area contributed by atoms with E-state index in [1.807, 2.05) is 0 Å². The summed E-state index contributed by atoms with van der Waals surface area (Å²) in [6, 6.07) is 2.35. The molecule has 2 rings (SSSR count). The molecule has 0 unspecified atom stereocenters. The van der Waals surface area contributed by atoms with Gasteiger partial charge < -0.3 is 0 Å². The number of rotatable bonds is 6. The second kappa shape index (κ2) is 5.92. The molecule has 1 aromatic heterocycles. The average Bonchev–Trinajstić information content (AvgIpc) is 2.71. The van der Waals surface area contributed by atoms with Gasteiger partial charge in [-0.15, -0.1) is 0 Å². The SMILES string of the molecule is O=S(=O)(CCCCF)Nc1cc2c(Cl)[nH]nc2cc1F. The molecular formula is C11H12ClF2N3O2S. The van der Waals surface area contributed by atoms with Gasteiger partial charge in [-0.3, -0.25) is 14.2 Å². The highest BCUT2D eigenvalue weighted by atomic mass is 35.5. The topological polar surface area (TPSA) is 74.8 Å². The Morgan fingerprint density at radius 1 is 1.35 bits per heavy atom. The van der Waals surface area contributed by atoms with E-state index < -0.39 is 22.5 Å². The Labute approximate surface area is 119 Å². The number of anilines is 1. The molecule has 20 heavy (non-hydrogen) atoms. The van der Waals surface area contributed by atoms with Crippen LogP contribution in [0.1, 0.15) is 12.8 Å². The molecule has 0 aliphatic carbocycles. The second-order valence-corrected chi connectivity index (χ2v) is 6.42. The van der Waals surface area contributed by atoms with E-state index in [2.05, 4.69) is 14.9 Å². The number of aromatic amines is 1. The van der Waals surface area contributed by atoms with Gasteiger partial charge in [0, 0.05) is 11.5 Å². The van der Waals surface area contributed by atoms with Gasteiger partial charge in [0.05, 0.1) is 23.6 Å². The molecule has 0 spiro atoms. The van der Waals surface area contributed by atoms with Crippen LogP contribution in [0.5, 0.6) is 0 Å². The quantitative estimate of drug-likeness (QED) is 0.803. The number of unbranched alkanes of at least 4 members (excludes halogenated alkanes) is 1. The minimum absolute atomic E-state index is 0.149. The minimum Gasteiger partial charge on any atom is -0.281 e. The monoisotopic (exact) mass is 323 g/mol. The standard InChI is InChI=1S/C11H12ClF2N3O2S/c12-11-7-5-10(8(14)6-9(7)15-16-11)17-20(18,19)4-2-1-3-13/h5-6,17H,1-4H2,(H,15,16). The molecule has 0 saturated heterocycles. The average molecular weight is 324 g/mol. The largest absolute Gasteiger partial charge is 0.281 e. The van der Waals surface area contributed by atoms with Crippen LogP contribution in [0.4, 0.5) is 14.5 Å². The zero-order valence-electron chi connectivity index (χ0n) is 10.3. The summed E-state index contributed by atoms with van der Waals surface area (Å²) < 4.78 is 51.3. The predicted octanol–water partition coefficient (Wildman–Crippen LogP) is 2.85. The summed E-state index contributed by atoms with van der Waals surface area (Å²) in [5.41, 5.74) is 0.0916. The summed E-state index contributed by atoms with van der Waals surface area (Å²) in [4.78, 5) is 0. The molecule has 2 aromatic rings. The van der Waals surface area contributed by atoms with Crippen molar-refractivity contribution in [2.24, 2.45) is 0 Å². The molecule has 0 radical (unpaired) electrons. The molecule has 0 bridgehead atoms. The molecule has 1 aromatic carbocycles. The Balaban J connectivity index is 2.24. The van der Waals surface area contributed by atoms with Gasteiger partial charge >= 0.3 is 0 Å². The predicted molar refractivity (Wildman–Crippen MR) is 73.7 cm³/mol. The summed E-state index contributed by atoms with van der Waals surface area (Å²) in [5.74, 6) is -1.03. The number of fused-ring (bicyclic) bond motifs is 1. The zero-order chi connectivity index (χ0) is 14.8. The summed E-state index contributed by atoms with van der Waals surface area (Å²) in [7, 11) is -3.72. The molecular weight excluding hydrogens is 312 g/mol. The first kappa shape index (κ1) is 15.0. The van der Waals surface area contributed by atoms with Crippen LogP contribution in [0.3, 0.4) is 0 Å². The molecule has 0 aliphatic heterocycles. The van der Waals surface area contributed by atoms with E-state index >= 15 is 0 Å². The second-order valence-electron chi connectivity index (χ2n) is 4.20. The molecule has 0 atom stereocenters. The first-order chi connectivity index (χ1) is 9.43. The number of nitrogens with zero attached hydrogens (tertiary/aromatic N) is 1. The van der Waals surface area contributed by atoms with E-state index in [-0.39, 0.29) is 29.4 Å². The number of aromatic nitrogens is 2. The third-order valence-corrected chi connectivity index (χ3v) is 4.30. The lowest BCUT2D eigenvalue weighted by atomic mass is 10.2. The van der Waals surface area contributed by atoms with Gasteiger partial charge in [0.2, 0.25) is 10.0 Å². The lowest BCUT2D eigenvalue weighted by molar-refractivity contribution is 0.468. The van der Waals surface area contributed by atoms with Crippen molar-refractivity contribution in [2.45, 2.75) is 12.8 Å². The van der Waals surface area contributed by atoms with E-state index in [1.54, 1.807) is 0 Å². The summed E-state index contributed by atoms with van der Waals surface area (Å²) in [5, 5.41) is 6.83. The van der Waals surface area contributed by atoms with E-state index in [0.717, 1.165) is 6.07 Å². The van der Waals surface area contributed by atoms with Gasteiger partial charge in [0.1, 0.15) is 11.0 Å². The number of nitrogens with one attached hydrogen (secondary N) is 2. The van der Waals surface area contributed by atoms with Crippen LogP contribution in [-0.4, -0.2) is 31.0 Å². The van der Waals surface area contributed by atoms with Gasteiger partial charge in [-0.25, -0.2) is 12.8 Å². The molecule has 1 heterocycles. The Morgan fingerprint density at radius 2 is 2.10 bits per heavy atom. The Hall–Kier alpha value is -1.41. The third kappa shape index (κ3) is 3.37. The number of halogens is 3. The molecule has 110 valence electrons. The van der Waals surface area contributed by atoms with Crippen molar-refractivity contribution in [3.05, 3.63) is 23.1 Å². The fourth-order valence-corrected chi connectivity index (χ4v) is 3.06. The number of hydrogen-bond donors (Lipinski definition) is 2. The van der Waals surface area contributed by atoms with E-state index in [9.17, 15) is 17.2 Å². The molecule has 0 aliphatic rings. The number of sulfonamides is 1. The zero-order valence-corrected chi connectivity index (χ0v) is 11.9. The highest BCUT2D eigenvalue weighted by Gasteiger charge is 2.15. The van der Waals surface area contributed by atoms with Crippen LogP contribution in [0.25, 0.3) is 10.9 Å². The van der Waals surface area contributed by atoms with Crippen LogP contribution in [0.15, 0.2) is 12.1 Å². The van der Waals surface area contributed by atoms with E-state index in [4.69, 9.17) is 11.6 Å². The minimum atomic E-state index is -3.72. The van der Waals surface area contributed by atoms with Crippen LogP contribution in [0.2, 0.25) is 5.15 Å². The third-order valence-electron chi connectivity index (χ3n) is 2.66. The van der Waals surface area contributed by atoms with Gasteiger partial charge in [0.25, 0.3) is 0 Å². The van der Waals surface area contributed by atoms with Crippen molar-refractivity contribution in [3.8, 4) is 0 Å². The molecule has 0 fully saturated rings. The van der Waals surface area contributed by atoms with Crippen LogP contribution >= 0.6 is 11.6 Å². The maximum Gasteiger partial charge on any atom is 0.232 e. The number of alkyl halides is 1. The Bertz CT molecular complexity index is 718. The van der Waals surface area contributed by atoms with Crippen molar-refractivity contribution in [3.63, 3.8) is 0 Å². The van der Waals surface area contributed by atoms with Crippen LogP contribution in [-0.2, 0) is 10.0 Å². The number of H-pyrrole nitrogens is 1. The van der Waals surface area contributed by atoms with Crippen LogP contribution in [0, 0.1) is 5.82 Å². The highest BCUT2D eigenvalue weighted by Crippen LogP contribution is 2.27. The normalized spacial score (nSPS) is 11.9.